The van der Waals surface area contributed by atoms with Crippen LogP contribution in [0.5, 0.6) is 5.75 Å². The standard InChI is InChI=1S/C23H21ClN2O2/c1-16-4-9-21-17(13-16)10-12-26(23(21)18-3-2-11-25-14-18)22(27)15-28-20-7-5-19(24)6-8-20/h2-9,11,13-14,23H,10,12,15H2,1H3. The first-order valence-corrected chi connectivity index (χ1v) is 9.67. The smallest absolute Gasteiger partial charge is 0.261 e. The SMILES string of the molecule is Cc1ccc2c(c1)CCN(C(=O)COc1ccc(Cl)cc1)C2c1cccnc1. The van der Waals surface area contributed by atoms with Crippen LogP contribution >= 0.6 is 11.6 Å². The molecule has 1 aliphatic heterocycles. The minimum atomic E-state index is -0.153. The summed E-state index contributed by atoms with van der Waals surface area (Å²) in [5.74, 6) is 0.582. The van der Waals surface area contributed by atoms with Gasteiger partial charge in [-0.25, -0.2) is 0 Å². The Kier molecular flexibility index (Phi) is 5.31. The maximum absolute atomic E-state index is 13.1. The predicted molar refractivity (Wildman–Crippen MR) is 110 cm³/mol. The monoisotopic (exact) mass is 392 g/mol. The number of halogens is 1. The van der Waals surface area contributed by atoms with E-state index >= 15 is 0 Å². The zero-order valence-corrected chi connectivity index (χ0v) is 16.4. The van der Waals surface area contributed by atoms with Gasteiger partial charge >= 0.3 is 0 Å². The van der Waals surface area contributed by atoms with Crippen LogP contribution in [0.3, 0.4) is 0 Å². The first-order valence-electron chi connectivity index (χ1n) is 9.29. The molecule has 1 atom stereocenters. The lowest BCUT2D eigenvalue weighted by molar-refractivity contribution is -0.135. The summed E-state index contributed by atoms with van der Waals surface area (Å²) in [6.07, 6.45) is 4.42. The topological polar surface area (TPSA) is 42.4 Å². The Hall–Kier alpha value is -2.85. The number of aryl methyl sites for hydroxylation is 1. The number of rotatable bonds is 4. The van der Waals surface area contributed by atoms with E-state index in [9.17, 15) is 4.79 Å². The van der Waals surface area contributed by atoms with Gasteiger partial charge < -0.3 is 9.64 Å². The van der Waals surface area contributed by atoms with E-state index < -0.39 is 0 Å². The van der Waals surface area contributed by atoms with Crippen molar-refractivity contribution >= 4 is 17.5 Å². The van der Waals surface area contributed by atoms with E-state index in [4.69, 9.17) is 16.3 Å². The Labute approximate surface area is 169 Å². The molecule has 1 amide bonds. The molecule has 0 fully saturated rings. The fourth-order valence-electron chi connectivity index (χ4n) is 3.68. The molecule has 2 heterocycles. The van der Waals surface area contributed by atoms with Gasteiger partial charge in [0.1, 0.15) is 5.75 Å². The van der Waals surface area contributed by atoms with Crippen molar-refractivity contribution in [2.45, 2.75) is 19.4 Å². The maximum Gasteiger partial charge on any atom is 0.261 e. The van der Waals surface area contributed by atoms with Crippen molar-refractivity contribution < 1.29 is 9.53 Å². The number of amides is 1. The molecule has 1 aliphatic rings. The number of carbonyl (C=O) groups excluding carboxylic acids is 1. The molecule has 0 radical (unpaired) electrons. The molecule has 142 valence electrons. The number of hydrogen-bond acceptors (Lipinski definition) is 3. The largest absolute Gasteiger partial charge is 0.484 e. The summed E-state index contributed by atoms with van der Waals surface area (Å²) in [6, 6.07) is 17.2. The summed E-state index contributed by atoms with van der Waals surface area (Å²) >= 11 is 5.91. The van der Waals surface area contributed by atoms with Crippen LogP contribution < -0.4 is 4.74 Å². The van der Waals surface area contributed by atoms with Crippen LogP contribution in [0.2, 0.25) is 5.02 Å². The molecule has 1 unspecified atom stereocenters. The lowest BCUT2D eigenvalue weighted by atomic mass is 9.88. The van der Waals surface area contributed by atoms with E-state index in [2.05, 4.69) is 30.1 Å². The number of ether oxygens (including phenoxy) is 1. The van der Waals surface area contributed by atoms with E-state index in [0.29, 0.717) is 17.3 Å². The Balaban J connectivity index is 1.60. The highest BCUT2D eigenvalue weighted by Crippen LogP contribution is 2.35. The third kappa shape index (κ3) is 3.87. The molecule has 0 N–H and O–H groups in total. The van der Waals surface area contributed by atoms with Crippen LogP contribution in [-0.4, -0.2) is 28.9 Å². The summed E-state index contributed by atoms with van der Waals surface area (Å²) in [6.45, 7) is 2.73. The van der Waals surface area contributed by atoms with Crippen LogP contribution in [0.25, 0.3) is 0 Å². The molecule has 5 heteroatoms. The second kappa shape index (κ2) is 8.03. The molecule has 4 nitrogen and oxygen atoms in total. The van der Waals surface area contributed by atoms with Crippen LogP contribution in [0.15, 0.2) is 67.0 Å². The fourth-order valence-corrected chi connectivity index (χ4v) is 3.81. The summed E-state index contributed by atoms with van der Waals surface area (Å²) in [5.41, 5.74) is 4.68. The maximum atomic E-state index is 13.1. The van der Waals surface area contributed by atoms with Gasteiger partial charge in [-0.2, -0.15) is 0 Å². The van der Waals surface area contributed by atoms with E-state index in [1.165, 1.54) is 11.1 Å². The minimum absolute atomic E-state index is 0.0143. The fraction of sp³-hybridized carbons (Fsp3) is 0.217. The molecule has 4 rings (SSSR count). The third-order valence-corrected chi connectivity index (χ3v) is 5.28. The molecule has 0 aliphatic carbocycles. The average Bonchev–Trinajstić information content (AvgIpc) is 2.72. The number of fused-ring (bicyclic) bond motifs is 1. The molecular weight excluding hydrogens is 372 g/mol. The first-order chi connectivity index (χ1) is 13.6. The second-order valence-corrected chi connectivity index (χ2v) is 7.41. The molecule has 0 saturated carbocycles. The zero-order valence-electron chi connectivity index (χ0n) is 15.6. The molecule has 2 aromatic carbocycles. The van der Waals surface area contributed by atoms with Crippen molar-refractivity contribution in [1.82, 2.24) is 9.88 Å². The quantitative estimate of drug-likeness (QED) is 0.651. The number of benzene rings is 2. The molecule has 0 bridgehead atoms. The normalized spacial score (nSPS) is 15.8. The molecular formula is C23H21ClN2O2. The van der Waals surface area contributed by atoms with Gasteiger partial charge in [-0.1, -0.05) is 41.4 Å². The van der Waals surface area contributed by atoms with Crippen LogP contribution in [-0.2, 0) is 11.2 Å². The van der Waals surface area contributed by atoms with Gasteiger partial charge in [0, 0.05) is 24.0 Å². The lowest BCUT2D eigenvalue weighted by Crippen LogP contribution is -2.43. The molecule has 3 aromatic rings. The van der Waals surface area contributed by atoms with Gasteiger partial charge in [-0.15, -0.1) is 0 Å². The van der Waals surface area contributed by atoms with Crippen molar-refractivity contribution in [3.05, 3.63) is 94.3 Å². The number of hydrogen-bond donors (Lipinski definition) is 0. The van der Waals surface area contributed by atoms with Crippen molar-refractivity contribution in [3.8, 4) is 5.75 Å². The van der Waals surface area contributed by atoms with Crippen LogP contribution in [0.1, 0.15) is 28.3 Å². The average molecular weight is 393 g/mol. The Morgan fingerprint density at radius 3 is 2.79 bits per heavy atom. The van der Waals surface area contributed by atoms with Gasteiger partial charge in [0.25, 0.3) is 5.91 Å². The van der Waals surface area contributed by atoms with Crippen molar-refractivity contribution in [1.29, 1.82) is 0 Å². The summed E-state index contributed by atoms with van der Waals surface area (Å²) in [5, 5.41) is 0.637. The van der Waals surface area contributed by atoms with Crippen molar-refractivity contribution in [2.24, 2.45) is 0 Å². The first kappa shape index (κ1) is 18.5. The zero-order chi connectivity index (χ0) is 19.5. The Morgan fingerprint density at radius 2 is 2.04 bits per heavy atom. The summed E-state index contributed by atoms with van der Waals surface area (Å²) in [4.78, 5) is 19.2. The highest BCUT2D eigenvalue weighted by Gasteiger charge is 2.32. The predicted octanol–water partition coefficient (Wildman–Crippen LogP) is 4.60. The molecule has 0 saturated heterocycles. The van der Waals surface area contributed by atoms with Gasteiger partial charge in [0.2, 0.25) is 0 Å². The van der Waals surface area contributed by atoms with Crippen molar-refractivity contribution in [2.75, 3.05) is 13.2 Å². The van der Waals surface area contributed by atoms with E-state index in [-0.39, 0.29) is 18.6 Å². The van der Waals surface area contributed by atoms with Gasteiger partial charge in [0.15, 0.2) is 6.61 Å². The second-order valence-electron chi connectivity index (χ2n) is 6.97. The number of nitrogens with zero attached hydrogens (tertiary/aromatic N) is 2. The van der Waals surface area contributed by atoms with Gasteiger partial charge in [-0.05, 0) is 60.4 Å². The lowest BCUT2D eigenvalue weighted by Gasteiger charge is -2.37. The number of carbonyl (C=O) groups is 1. The van der Waals surface area contributed by atoms with Crippen molar-refractivity contribution in [3.63, 3.8) is 0 Å². The van der Waals surface area contributed by atoms with E-state index in [1.54, 1.807) is 30.5 Å². The summed E-state index contributed by atoms with van der Waals surface area (Å²) < 4.78 is 5.70. The highest BCUT2D eigenvalue weighted by atomic mass is 35.5. The highest BCUT2D eigenvalue weighted by molar-refractivity contribution is 6.30. The summed E-state index contributed by atoms with van der Waals surface area (Å²) in [7, 11) is 0. The molecule has 0 spiro atoms. The van der Waals surface area contributed by atoms with Crippen LogP contribution in [0, 0.1) is 6.92 Å². The molecule has 1 aromatic heterocycles. The third-order valence-electron chi connectivity index (χ3n) is 5.02. The van der Waals surface area contributed by atoms with Crippen LogP contribution in [0.4, 0.5) is 0 Å². The van der Waals surface area contributed by atoms with E-state index in [1.807, 2.05) is 23.2 Å². The Bertz CT molecular complexity index is 974. The van der Waals surface area contributed by atoms with Gasteiger partial charge in [-0.3, -0.25) is 9.78 Å². The number of pyridine rings is 1. The minimum Gasteiger partial charge on any atom is -0.484 e. The van der Waals surface area contributed by atoms with Gasteiger partial charge in [0.05, 0.1) is 6.04 Å². The van der Waals surface area contributed by atoms with E-state index in [0.717, 1.165) is 17.5 Å². The Morgan fingerprint density at radius 1 is 1.21 bits per heavy atom. The molecule has 28 heavy (non-hydrogen) atoms. The number of aromatic nitrogens is 1.